The van der Waals surface area contributed by atoms with E-state index in [4.69, 9.17) is 0 Å². The van der Waals surface area contributed by atoms with Crippen LogP contribution < -0.4 is 0 Å². The molecule has 0 aromatic heterocycles. The van der Waals surface area contributed by atoms with Crippen LogP contribution >= 0.6 is 0 Å². The lowest BCUT2D eigenvalue weighted by Crippen LogP contribution is -2.08. The highest BCUT2D eigenvalue weighted by Gasteiger charge is 2.42. The van der Waals surface area contributed by atoms with Crippen LogP contribution in [0.4, 0.5) is 0 Å². The average Bonchev–Trinajstić information content (AvgIpc) is 3.00. The van der Waals surface area contributed by atoms with Crippen molar-refractivity contribution in [1.29, 1.82) is 0 Å². The molecule has 2 atom stereocenters. The van der Waals surface area contributed by atoms with Gasteiger partial charge in [0.25, 0.3) is 0 Å². The van der Waals surface area contributed by atoms with Crippen molar-refractivity contribution in [3.05, 3.63) is 34.9 Å². The molecular formula is C14H16O2. The monoisotopic (exact) mass is 216 g/mol. The molecule has 0 radical (unpaired) electrons. The van der Waals surface area contributed by atoms with Crippen molar-refractivity contribution < 1.29 is 9.90 Å². The molecule has 1 saturated carbocycles. The van der Waals surface area contributed by atoms with E-state index >= 15 is 0 Å². The van der Waals surface area contributed by atoms with Crippen molar-refractivity contribution in [2.45, 2.75) is 38.0 Å². The van der Waals surface area contributed by atoms with Gasteiger partial charge in [-0.2, -0.15) is 0 Å². The summed E-state index contributed by atoms with van der Waals surface area (Å²) in [6, 6.07) is 6.25. The number of hydrogen-bond acceptors (Lipinski definition) is 1. The molecule has 84 valence electrons. The van der Waals surface area contributed by atoms with E-state index in [0.29, 0.717) is 5.92 Å². The summed E-state index contributed by atoms with van der Waals surface area (Å²) in [5.41, 5.74) is 3.63. The van der Waals surface area contributed by atoms with Crippen LogP contribution in [0.3, 0.4) is 0 Å². The summed E-state index contributed by atoms with van der Waals surface area (Å²) in [7, 11) is 0. The number of fused-ring (bicyclic) bond motifs is 1. The highest BCUT2D eigenvalue weighted by atomic mass is 16.4. The second-order valence-electron chi connectivity index (χ2n) is 5.20. The standard InChI is InChI=1S/C14H16O2/c1-8-2-5-10-12(6-8)11(9-3-4-9)7-13(10)14(15)16/h2,5-6,9,11,13H,3-4,7H2,1H3,(H,15,16). The minimum absolute atomic E-state index is 0.263. The van der Waals surface area contributed by atoms with Gasteiger partial charge in [0.05, 0.1) is 5.92 Å². The summed E-state index contributed by atoms with van der Waals surface area (Å²) in [6.45, 7) is 2.08. The SMILES string of the molecule is Cc1ccc2c(c1)C(C1CC1)CC2C(=O)O. The molecule has 16 heavy (non-hydrogen) atoms. The molecule has 0 spiro atoms. The van der Waals surface area contributed by atoms with Crippen molar-refractivity contribution in [1.82, 2.24) is 0 Å². The summed E-state index contributed by atoms with van der Waals surface area (Å²) in [5, 5.41) is 9.25. The largest absolute Gasteiger partial charge is 0.481 e. The molecule has 1 fully saturated rings. The lowest BCUT2D eigenvalue weighted by molar-refractivity contribution is -0.138. The van der Waals surface area contributed by atoms with Crippen LogP contribution in [0, 0.1) is 12.8 Å². The number of rotatable bonds is 2. The van der Waals surface area contributed by atoms with E-state index in [9.17, 15) is 9.90 Å². The van der Waals surface area contributed by atoms with Gasteiger partial charge in [-0.1, -0.05) is 23.8 Å². The average molecular weight is 216 g/mol. The molecule has 0 amide bonds. The first-order valence-electron chi connectivity index (χ1n) is 6.00. The van der Waals surface area contributed by atoms with Crippen molar-refractivity contribution in [3.63, 3.8) is 0 Å². The maximum atomic E-state index is 11.2. The molecule has 1 aromatic carbocycles. The number of benzene rings is 1. The predicted octanol–water partition coefficient (Wildman–Crippen LogP) is 3.06. The smallest absolute Gasteiger partial charge is 0.311 e. The Bertz CT molecular complexity index is 446. The van der Waals surface area contributed by atoms with Gasteiger partial charge in [0.1, 0.15) is 0 Å². The zero-order chi connectivity index (χ0) is 11.3. The third-order valence-corrected chi connectivity index (χ3v) is 4.00. The maximum absolute atomic E-state index is 11.2. The molecule has 0 aliphatic heterocycles. The molecule has 2 unspecified atom stereocenters. The zero-order valence-corrected chi connectivity index (χ0v) is 9.44. The van der Waals surface area contributed by atoms with Crippen molar-refractivity contribution in [3.8, 4) is 0 Å². The molecule has 0 heterocycles. The zero-order valence-electron chi connectivity index (χ0n) is 9.44. The van der Waals surface area contributed by atoms with Crippen LogP contribution in [-0.4, -0.2) is 11.1 Å². The fraction of sp³-hybridized carbons (Fsp3) is 0.500. The molecule has 0 saturated heterocycles. The molecular weight excluding hydrogens is 200 g/mol. The lowest BCUT2D eigenvalue weighted by atomic mass is 9.95. The maximum Gasteiger partial charge on any atom is 0.311 e. The van der Waals surface area contributed by atoms with Crippen molar-refractivity contribution in [2.24, 2.45) is 5.92 Å². The normalized spacial score (nSPS) is 27.8. The van der Waals surface area contributed by atoms with E-state index in [2.05, 4.69) is 13.0 Å². The Kier molecular flexibility index (Phi) is 2.06. The van der Waals surface area contributed by atoms with E-state index in [1.54, 1.807) is 0 Å². The first kappa shape index (κ1) is 9.88. The van der Waals surface area contributed by atoms with Gasteiger partial charge < -0.3 is 5.11 Å². The Balaban J connectivity index is 2.05. The molecule has 3 rings (SSSR count). The molecule has 2 nitrogen and oxygen atoms in total. The van der Waals surface area contributed by atoms with Crippen LogP contribution in [0.25, 0.3) is 0 Å². The third-order valence-electron chi connectivity index (χ3n) is 4.00. The Hall–Kier alpha value is -1.31. The van der Waals surface area contributed by atoms with Crippen LogP contribution in [0.5, 0.6) is 0 Å². The van der Waals surface area contributed by atoms with Gasteiger partial charge in [-0.3, -0.25) is 4.79 Å². The fourth-order valence-electron chi connectivity index (χ4n) is 3.02. The van der Waals surface area contributed by atoms with Gasteiger partial charge in [-0.15, -0.1) is 0 Å². The second kappa shape index (κ2) is 3.34. The number of carboxylic acids is 1. The number of aryl methyl sites for hydroxylation is 1. The highest BCUT2D eigenvalue weighted by Crippen LogP contribution is 2.53. The Morgan fingerprint density at radius 3 is 2.69 bits per heavy atom. The molecule has 0 bridgehead atoms. The highest BCUT2D eigenvalue weighted by molar-refractivity contribution is 5.78. The van der Waals surface area contributed by atoms with Gasteiger partial charge in [-0.05, 0) is 49.1 Å². The number of carbonyl (C=O) groups is 1. The first-order valence-corrected chi connectivity index (χ1v) is 6.00. The van der Waals surface area contributed by atoms with E-state index in [1.165, 1.54) is 24.0 Å². The second-order valence-corrected chi connectivity index (χ2v) is 5.20. The minimum atomic E-state index is -0.659. The third kappa shape index (κ3) is 1.44. The minimum Gasteiger partial charge on any atom is -0.481 e. The van der Waals surface area contributed by atoms with Gasteiger partial charge in [-0.25, -0.2) is 0 Å². The van der Waals surface area contributed by atoms with Gasteiger partial charge in [0, 0.05) is 0 Å². The molecule has 1 aromatic rings. The Labute approximate surface area is 95.3 Å². The van der Waals surface area contributed by atoms with E-state index in [0.717, 1.165) is 17.9 Å². The molecule has 2 aliphatic rings. The summed E-state index contributed by atoms with van der Waals surface area (Å²) in [5.74, 6) is 0.343. The van der Waals surface area contributed by atoms with E-state index in [-0.39, 0.29) is 5.92 Å². The van der Waals surface area contributed by atoms with Crippen LogP contribution in [0.15, 0.2) is 18.2 Å². The predicted molar refractivity (Wildman–Crippen MR) is 61.6 cm³/mol. The van der Waals surface area contributed by atoms with Crippen molar-refractivity contribution >= 4 is 5.97 Å². The quantitative estimate of drug-likeness (QED) is 0.825. The summed E-state index contributed by atoms with van der Waals surface area (Å²) in [4.78, 5) is 11.2. The van der Waals surface area contributed by atoms with Crippen LogP contribution in [0.2, 0.25) is 0 Å². The topological polar surface area (TPSA) is 37.3 Å². The molecule has 2 heteroatoms. The van der Waals surface area contributed by atoms with E-state index in [1.807, 2.05) is 12.1 Å². The summed E-state index contributed by atoms with van der Waals surface area (Å²) in [6.07, 6.45) is 3.38. The summed E-state index contributed by atoms with van der Waals surface area (Å²) < 4.78 is 0. The summed E-state index contributed by atoms with van der Waals surface area (Å²) >= 11 is 0. The Morgan fingerprint density at radius 1 is 1.31 bits per heavy atom. The fourth-order valence-corrected chi connectivity index (χ4v) is 3.02. The van der Waals surface area contributed by atoms with Gasteiger partial charge in [0.15, 0.2) is 0 Å². The molecule has 1 N–H and O–H groups in total. The number of carboxylic acid groups (broad SMARTS) is 1. The first-order chi connectivity index (χ1) is 7.66. The lowest BCUT2D eigenvalue weighted by Gasteiger charge is -2.09. The molecule has 2 aliphatic carbocycles. The Morgan fingerprint density at radius 2 is 2.06 bits per heavy atom. The van der Waals surface area contributed by atoms with Crippen LogP contribution in [0.1, 0.15) is 47.8 Å². The van der Waals surface area contributed by atoms with Gasteiger partial charge >= 0.3 is 5.97 Å². The van der Waals surface area contributed by atoms with Crippen molar-refractivity contribution in [2.75, 3.05) is 0 Å². The van der Waals surface area contributed by atoms with Crippen LogP contribution in [-0.2, 0) is 4.79 Å². The van der Waals surface area contributed by atoms with Gasteiger partial charge in [0.2, 0.25) is 0 Å². The number of hydrogen-bond donors (Lipinski definition) is 1. The van der Waals surface area contributed by atoms with E-state index < -0.39 is 5.97 Å². The number of aliphatic carboxylic acids is 1.